The van der Waals surface area contributed by atoms with E-state index in [0.29, 0.717) is 41.1 Å². The molecule has 0 aliphatic heterocycles. The summed E-state index contributed by atoms with van der Waals surface area (Å²) in [5, 5.41) is 14.4. The summed E-state index contributed by atoms with van der Waals surface area (Å²) in [6.07, 6.45) is 3.73. The van der Waals surface area contributed by atoms with Crippen LogP contribution in [0.1, 0.15) is 18.4 Å². The van der Waals surface area contributed by atoms with Gasteiger partial charge in [-0.05, 0) is 53.6 Å². The molecule has 0 bridgehead atoms. The van der Waals surface area contributed by atoms with Crippen molar-refractivity contribution in [2.24, 2.45) is 0 Å². The van der Waals surface area contributed by atoms with Gasteiger partial charge in [-0.3, -0.25) is 14.2 Å². The number of carbonyl (C=O) groups is 1. The standard InChI is InChI=1S/C22H23N7O4/c1-14-9-15(6-7-18(14)29-13-24-26-27-29)25-21(30)5-4-8-28-12-23-17-11-20(33-3)19(32-2)10-16(17)22(28)31/h6-7,9-13H,4-5,8H2,1-3H3,(H,25,30). The number of ether oxygens (including phenoxy) is 2. The van der Waals surface area contributed by atoms with Gasteiger partial charge >= 0.3 is 0 Å². The number of carbonyl (C=O) groups excluding carboxylic acids is 1. The highest BCUT2D eigenvalue weighted by atomic mass is 16.5. The SMILES string of the molecule is COc1cc2ncn(CCCC(=O)Nc3ccc(-n4cnnn4)c(C)c3)c(=O)c2cc1OC. The normalized spacial score (nSPS) is 10.9. The lowest BCUT2D eigenvalue weighted by Crippen LogP contribution is -2.22. The van der Waals surface area contributed by atoms with Gasteiger partial charge in [0.05, 0.1) is 37.1 Å². The van der Waals surface area contributed by atoms with Crippen molar-refractivity contribution in [1.29, 1.82) is 0 Å². The average molecular weight is 449 g/mol. The molecule has 0 saturated heterocycles. The number of fused-ring (bicyclic) bond motifs is 1. The van der Waals surface area contributed by atoms with Crippen molar-refractivity contribution in [3.63, 3.8) is 0 Å². The molecule has 1 amide bonds. The molecule has 1 N–H and O–H groups in total. The Balaban J connectivity index is 1.39. The van der Waals surface area contributed by atoms with Crippen LogP contribution in [0.2, 0.25) is 0 Å². The zero-order valence-electron chi connectivity index (χ0n) is 18.5. The molecule has 0 unspecified atom stereocenters. The van der Waals surface area contributed by atoms with Crippen LogP contribution in [0.15, 0.2) is 47.8 Å². The van der Waals surface area contributed by atoms with Gasteiger partial charge in [-0.25, -0.2) is 9.67 Å². The van der Waals surface area contributed by atoms with Crippen LogP contribution in [0.4, 0.5) is 5.69 Å². The topological polar surface area (TPSA) is 126 Å². The van der Waals surface area contributed by atoms with Crippen molar-refractivity contribution >= 4 is 22.5 Å². The fourth-order valence-electron chi connectivity index (χ4n) is 3.54. The van der Waals surface area contributed by atoms with E-state index in [1.807, 2.05) is 19.1 Å². The minimum Gasteiger partial charge on any atom is -0.493 e. The number of aryl methyl sites for hydroxylation is 2. The predicted octanol–water partition coefficient (Wildman–Crippen LogP) is 2.12. The Morgan fingerprint density at radius 3 is 2.58 bits per heavy atom. The molecular formula is C22H23N7O4. The number of nitrogens with zero attached hydrogens (tertiary/aromatic N) is 6. The lowest BCUT2D eigenvalue weighted by Gasteiger charge is -2.11. The number of benzene rings is 2. The van der Waals surface area contributed by atoms with Gasteiger partial charge in [0.15, 0.2) is 11.5 Å². The monoisotopic (exact) mass is 449 g/mol. The van der Waals surface area contributed by atoms with Gasteiger partial charge < -0.3 is 14.8 Å². The summed E-state index contributed by atoms with van der Waals surface area (Å²) in [4.78, 5) is 29.6. The molecule has 0 aliphatic rings. The van der Waals surface area contributed by atoms with E-state index in [-0.39, 0.29) is 17.9 Å². The molecular weight excluding hydrogens is 426 g/mol. The molecule has 2 aromatic heterocycles. The van der Waals surface area contributed by atoms with Crippen LogP contribution in [0.25, 0.3) is 16.6 Å². The second kappa shape index (κ2) is 9.47. The van der Waals surface area contributed by atoms with E-state index in [0.717, 1.165) is 11.3 Å². The first kappa shape index (κ1) is 21.9. The third-order valence-electron chi connectivity index (χ3n) is 5.21. The van der Waals surface area contributed by atoms with E-state index in [9.17, 15) is 9.59 Å². The lowest BCUT2D eigenvalue weighted by molar-refractivity contribution is -0.116. The Morgan fingerprint density at radius 1 is 1.09 bits per heavy atom. The highest BCUT2D eigenvalue weighted by Crippen LogP contribution is 2.29. The summed E-state index contributed by atoms with van der Waals surface area (Å²) in [6.45, 7) is 2.27. The van der Waals surface area contributed by atoms with Crippen LogP contribution in [0.5, 0.6) is 11.5 Å². The fourth-order valence-corrected chi connectivity index (χ4v) is 3.54. The van der Waals surface area contributed by atoms with Crippen molar-refractivity contribution in [2.45, 2.75) is 26.3 Å². The Kier molecular flexibility index (Phi) is 6.29. The molecule has 2 heterocycles. The molecule has 2 aromatic carbocycles. The van der Waals surface area contributed by atoms with Crippen LogP contribution in [-0.4, -0.2) is 49.9 Å². The first-order chi connectivity index (χ1) is 16.0. The van der Waals surface area contributed by atoms with E-state index < -0.39 is 0 Å². The van der Waals surface area contributed by atoms with E-state index in [4.69, 9.17) is 9.47 Å². The molecule has 0 atom stereocenters. The van der Waals surface area contributed by atoms with Crippen LogP contribution < -0.4 is 20.3 Å². The minimum atomic E-state index is -0.199. The van der Waals surface area contributed by atoms with Gasteiger partial charge in [-0.1, -0.05) is 0 Å². The summed E-state index contributed by atoms with van der Waals surface area (Å²) in [5.74, 6) is 0.827. The Labute approximate surface area is 189 Å². The average Bonchev–Trinajstić information content (AvgIpc) is 3.34. The summed E-state index contributed by atoms with van der Waals surface area (Å²) in [7, 11) is 3.04. The van der Waals surface area contributed by atoms with Gasteiger partial charge in [-0.2, -0.15) is 0 Å². The van der Waals surface area contributed by atoms with E-state index in [2.05, 4.69) is 25.8 Å². The van der Waals surface area contributed by atoms with Crippen molar-refractivity contribution in [2.75, 3.05) is 19.5 Å². The van der Waals surface area contributed by atoms with Crippen LogP contribution in [0, 0.1) is 6.92 Å². The van der Waals surface area contributed by atoms with E-state index >= 15 is 0 Å². The van der Waals surface area contributed by atoms with Gasteiger partial charge in [0.25, 0.3) is 5.56 Å². The number of hydrogen-bond donors (Lipinski definition) is 1. The van der Waals surface area contributed by atoms with E-state index in [1.54, 1.807) is 22.9 Å². The molecule has 4 rings (SSSR count). The number of methoxy groups -OCH3 is 2. The zero-order chi connectivity index (χ0) is 23.4. The predicted molar refractivity (Wildman–Crippen MR) is 121 cm³/mol. The van der Waals surface area contributed by atoms with Crippen molar-refractivity contribution in [3.05, 3.63) is 58.9 Å². The Hall–Kier alpha value is -4.28. The van der Waals surface area contributed by atoms with Crippen LogP contribution >= 0.6 is 0 Å². The molecule has 11 nitrogen and oxygen atoms in total. The molecule has 0 aliphatic carbocycles. The van der Waals surface area contributed by atoms with Gasteiger partial charge in [0.2, 0.25) is 5.91 Å². The van der Waals surface area contributed by atoms with Gasteiger partial charge in [0, 0.05) is 24.7 Å². The highest BCUT2D eigenvalue weighted by Gasteiger charge is 2.12. The number of rotatable bonds is 8. The first-order valence-electron chi connectivity index (χ1n) is 10.2. The van der Waals surface area contributed by atoms with Crippen LogP contribution in [0.3, 0.4) is 0 Å². The number of amides is 1. The number of tetrazole rings is 1. The third kappa shape index (κ3) is 4.66. The van der Waals surface area contributed by atoms with Crippen molar-refractivity contribution < 1.29 is 14.3 Å². The van der Waals surface area contributed by atoms with Gasteiger partial charge in [0.1, 0.15) is 6.33 Å². The maximum atomic E-state index is 12.8. The molecule has 0 fully saturated rings. The quantitative estimate of drug-likeness (QED) is 0.433. The first-order valence-corrected chi connectivity index (χ1v) is 10.2. The minimum absolute atomic E-state index is 0.141. The molecule has 33 heavy (non-hydrogen) atoms. The Morgan fingerprint density at radius 2 is 1.88 bits per heavy atom. The summed E-state index contributed by atoms with van der Waals surface area (Å²) < 4.78 is 13.6. The van der Waals surface area contributed by atoms with E-state index in [1.165, 1.54) is 31.4 Å². The summed E-state index contributed by atoms with van der Waals surface area (Å²) in [6, 6.07) is 8.77. The zero-order valence-corrected chi connectivity index (χ0v) is 18.5. The lowest BCUT2D eigenvalue weighted by atomic mass is 10.1. The molecule has 0 saturated carbocycles. The molecule has 11 heteroatoms. The molecule has 0 radical (unpaired) electrons. The second-order valence-electron chi connectivity index (χ2n) is 7.37. The molecule has 4 aromatic rings. The largest absolute Gasteiger partial charge is 0.493 e. The highest BCUT2D eigenvalue weighted by molar-refractivity contribution is 5.91. The maximum absolute atomic E-state index is 12.8. The van der Waals surface area contributed by atoms with Gasteiger partial charge in [-0.15, -0.1) is 5.10 Å². The molecule has 170 valence electrons. The number of hydrogen-bond acceptors (Lipinski definition) is 8. The second-order valence-corrected chi connectivity index (χ2v) is 7.37. The molecule has 0 spiro atoms. The third-order valence-corrected chi connectivity index (χ3v) is 5.21. The maximum Gasteiger partial charge on any atom is 0.261 e. The van der Waals surface area contributed by atoms with Crippen molar-refractivity contribution in [3.8, 4) is 17.2 Å². The number of anilines is 1. The smallest absolute Gasteiger partial charge is 0.261 e. The van der Waals surface area contributed by atoms with Crippen molar-refractivity contribution in [1.82, 2.24) is 29.8 Å². The number of nitrogens with one attached hydrogen (secondary N) is 1. The van der Waals surface area contributed by atoms with Crippen LogP contribution in [-0.2, 0) is 11.3 Å². The number of aromatic nitrogens is 6. The fraction of sp³-hybridized carbons (Fsp3) is 0.273. The summed E-state index contributed by atoms with van der Waals surface area (Å²) in [5.41, 5.74) is 2.75. The Bertz CT molecular complexity index is 1350. The summed E-state index contributed by atoms with van der Waals surface area (Å²) >= 11 is 0.